The Labute approximate surface area is 217 Å². The first kappa shape index (κ1) is 27.5. The van der Waals surface area contributed by atoms with Crippen LogP contribution in [0.4, 0.5) is 0 Å². The lowest BCUT2D eigenvalue weighted by atomic mass is 9.94. The van der Waals surface area contributed by atoms with Crippen molar-refractivity contribution in [1.82, 2.24) is 0 Å². The minimum atomic E-state index is -0.982. The second-order valence-corrected chi connectivity index (χ2v) is 7.72. The van der Waals surface area contributed by atoms with E-state index in [2.05, 4.69) is 0 Å². The Kier molecular flexibility index (Phi) is 8.49. The highest BCUT2D eigenvalue weighted by molar-refractivity contribution is 6.51. The van der Waals surface area contributed by atoms with Crippen LogP contribution in [0.25, 0.3) is 0 Å². The lowest BCUT2D eigenvalue weighted by Gasteiger charge is -2.12. The number of methoxy groups -OCH3 is 4. The van der Waals surface area contributed by atoms with E-state index in [1.807, 2.05) is 0 Å². The quantitative estimate of drug-likeness (QED) is 0.199. The van der Waals surface area contributed by atoms with Gasteiger partial charge in [0.2, 0.25) is 23.1 Å². The summed E-state index contributed by atoms with van der Waals surface area (Å²) < 4.78 is 20.5. The standard InChI is InChI=1S/C28H22O10/c1-35-21-9-17(13-29)19(11-23(21)37-3)27(33)25(31)15-5-7-16(8-6-15)26(32)28(34)20-12-24(38-4)22(36-2)10-18(20)14-30/h5-14H,1-4H3. The molecule has 38 heavy (non-hydrogen) atoms. The number of benzene rings is 3. The molecule has 0 saturated heterocycles. The van der Waals surface area contributed by atoms with Gasteiger partial charge in [0.25, 0.3) is 0 Å². The van der Waals surface area contributed by atoms with Gasteiger partial charge in [0.05, 0.1) is 28.4 Å². The molecule has 0 fully saturated rings. The van der Waals surface area contributed by atoms with Crippen molar-refractivity contribution in [1.29, 1.82) is 0 Å². The molecule has 0 aliphatic rings. The van der Waals surface area contributed by atoms with Gasteiger partial charge in [-0.3, -0.25) is 28.8 Å². The maximum absolute atomic E-state index is 12.9. The first-order valence-electron chi connectivity index (χ1n) is 10.9. The predicted octanol–water partition coefficient (Wildman–Crippen LogP) is 3.48. The molecule has 0 radical (unpaired) electrons. The van der Waals surface area contributed by atoms with Crippen molar-refractivity contribution in [2.24, 2.45) is 0 Å². The summed E-state index contributed by atoms with van der Waals surface area (Å²) in [5.74, 6) is -3.15. The molecule has 0 aromatic heterocycles. The largest absolute Gasteiger partial charge is 0.493 e. The van der Waals surface area contributed by atoms with Gasteiger partial charge in [0, 0.05) is 33.4 Å². The van der Waals surface area contributed by atoms with Crippen LogP contribution in [-0.4, -0.2) is 64.1 Å². The molecule has 0 bridgehead atoms. The van der Waals surface area contributed by atoms with E-state index in [4.69, 9.17) is 18.9 Å². The lowest BCUT2D eigenvalue weighted by Crippen LogP contribution is -2.18. The summed E-state index contributed by atoms with van der Waals surface area (Å²) in [5, 5.41) is 0. The first-order chi connectivity index (χ1) is 18.2. The molecule has 0 heterocycles. The van der Waals surface area contributed by atoms with E-state index in [0.29, 0.717) is 12.6 Å². The van der Waals surface area contributed by atoms with Crippen LogP contribution in [0, 0.1) is 0 Å². The number of ketones is 4. The number of carbonyl (C=O) groups excluding carboxylic acids is 6. The van der Waals surface area contributed by atoms with Crippen LogP contribution in [0.5, 0.6) is 23.0 Å². The third-order valence-corrected chi connectivity index (χ3v) is 5.68. The van der Waals surface area contributed by atoms with Gasteiger partial charge in [0.15, 0.2) is 35.6 Å². The zero-order valence-corrected chi connectivity index (χ0v) is 20.9. The van der Waals surface area contributed by atoms with Crippen molar-refractivity contribution >= 4 is 35.7 Å². The van der Waals surface area contributed by atoms with Crippen molar-refractivity contribution in [3.63, 3.8) is 0 Å². The number of rotatable bonds is 12. The Balaban J connectivity index is 1.90. The fourth-order valence-electron chi connectivity index (χ4n) is 3.66. The Bertz CT molecular complexity index is 1340. The van der Waals surface area contributed by atoms with Gasteiger partial charge >= 0.3 is 0 Å². The van der Waals surface area contributed by atoms with E-state index in [-0.39, 0.29) is 56.4 Å². The second kappa shape index (κ2) is 11.7. The highest BCUT2D eigenvalue weighted by atomic mass is 16.5. The molecule has 10 nitrogen and oxygen atoms in total. The van der Waals surface area contributed by atoms with Crippen LogP contribution < -0.4 is 18.9 Å². The average Bonchev–Trinajstić information content (AvgIpc) is 2.97. The van der Waals surface area contributed by atoms with Gasteiger partial charge in [-0.2, -0.15) is 0 Å². The molecule has 0 aliphatic carbocycles. The highest BCUT2D eigenvalue weighted by Gasteiger charge is 2.26. The van der Waals surface area contributed by atoms with Crippen molar-refractivity contribution in [2.75, 3.05) is 28.4 Å². The molecule has 0 amide bonds. The third kappa shape index (κ3) is 5.19. The van der Waals surface area contributed by atoms with Gasteiger partial charge < -0.3 is 18.9 Å². The predicted molar refractivity (Wildman–Crippen MR) is 134 cm³/mol. The summed E-state index contributed by atoms with van der Waals surface area (Å²) in [7, 11) is 5.40. The van der Waals surface area contributed by atoms with Crippen LogP contribution in [0.3, 0.4) is 0 Å². The van der Waals surface area contributed by atoms with Gasteiger partial charge in [0.1, 0.15) is 0 Å². The summed E-state index contributed by atoms with van der Waals surface area (Å²) in [5.41, 5.74) is -0.671. The van der Waals surface area contributed by atoms with Crippen LogP contribution in [0.2, 0.25) is 0 Å². The summed E-state index contributed by atoms with van der Waals surface area (Å²) in [6.07, 6.45) is 0.829. The van der Waals surface area contributed by atoms with E-state index >= 15 is 0 Å². The Morgan fingerprint density at radius 2 is 0.789 bits per heavy atom. The third-order valence-electron chi connectivity index (χ3n) is 5.68. The molecule has 3 aromatic rings. The molecule has 0 N–H and O–H groups in total. The molecule has 10 heteroatoms. The van der Waals surface area contributed by atoms with Crippen molar-refractivity contribution in [3.8, 4) is 23.0 Å². The van der Waals surface area contributed by atoms with Crippen molar-refractivity contribution < 1.29 is 47.7 Å². The number of ether oxygens (including phenoxy) is 4. The number of Topliss-reactive ketones (excluding diaryl/α,β-unsaturated/α-hetero) is 4. The van der Waals surface area contributed by atoms with E-state index in [1.54, 1.807) is 0 Å². The molecule has 0 saturated carbocycles. The van der Waals surface area contributed by atoms with Gasteiger partial charge in [-0.1, -0.05) is 24.3 Å². The molecule has 194 valence electrons. The van der Waals surface area contributed by atoms with Crippen molar-refractivity contribution in [3.05, 3.63) is 81.9 Å². The molecular weight excluding hydrogens is 496 g/mol. The summed E-state index contributed by atoms with van der Waals surface area (Å²) in [6, 6.07) is 9.84. The van der Waals surface area contributed by atoms with Gasteiger partial charge in [-0.15, -0.1) is 0 Å². The average molecular weight is 518 g/mol. The lowest BCUT2D eigenvalue weighted by molar-refractivity contribution is 0.0813. The van der Waals surface area contributed by atoms with Gasteiger partial charge in [-0.05, 0) is 24.3 Å². The molecule has 3 aromatic carbocycles. The molecule has 0 atom stereocenters. The zero-order chi connectivity index (χ0) is 28.0. The highest BCUT2D eigenvalue weighted by Crippen LogP contribution is 2.32. The number of carbonyl (C=O) groups is 6. The van der Waals surface area contributed by atoms with Crippen LogP contribution in [0.1, 0.15) is 62.1 Å². The number of aldehydes is 2. The zero-order valence-electron chi connectivity index (χ0n) is 20.9. The SMILES string of the molecule is COc1cc(C=O)c(C(=O)C(=O)c2ccc(C(=O)C(=O)c3cc(OC)c(OC)cc3C=O)cc2)cc1OC. The number of hydrogen-bond acceptors (Lipinski definition) is 10. The van der Waals surface area contributed by atoms with E-state index < -0.39 is 23.1 Å². The molecule has 0 aliphatic heterocycles. The first-order valence-corrected chi connectivity index (χ1v) is 10.9. The summed E-state index contributed by atoms with van der Waals surface area (Å²) >= 11 is 0. The fraction of sp³-hybridized carbons (Fsp3) is 0.143. The minimum absolute atomic E-state index is 0.0701. The maximum atomic E-state index is 12.9. The Morgan fingerprint density at radius 1 is 0.500 bits per heavy atom. The normalized spacial score (nSPS) is 10.2. The monoisotopic (exact) mass is 518 g/mol. The Hall–Kier alpha value is -5.12. The van der Waals surface area contributed by atoms with Crippen LogP contribution in [-0.2, 0) is 0 Å². The smallest absolute Gasteiger partial charge is 0.234 e. The van der Waals surface area contributed by atoms with E-state index in [1.165, 1.54) is 77.0 Å². The van der Waals surface area contributed by atoms with E-state index in [9.17, 15) is 28.8 Å². The number of hydrogen-bond donors (Lipinski definition) is 0. The molecule has 0 unspecified atom stereocenters. The van der Waals surface area contributed by atoms with Crippen molar-refractivity contribution in [2.45, 2.75) is 0 Å². The van der Waals surface area contributed by atoms with Crippen LogP contribution >= 0.6 is 0 Å². The van der Waals surface area contributed by atoms with Gasteiger partial charge in [-0.25, -0.2) is 0 Å². The molecule has 0 spiro atoms. The topological polar surface area (TPSA) is 139 Å². The molecule has 3 rings (SSSR count). The molecular formula is C28H22O10. The fourth-order valence-corrected chi connectivity index (χ4v) is 3.66. The second-order valence-electron chi connectivity index (χ2n) is 7.72. The Morgan fingerprint density at radius 3 is 1.05 bits per heavy atom. The van der Waals surface area contributed by atoms with Crippen LogP contribution in [0.15, 0.2) is 48.5 Å². The summed E-state index contributed by atoms with van der Waals surface area (Å²) in [6.45, 7) is 0. The maximum Gasteiger partial charge on any atom is 0.234 e. The minimum Gasteiger partial charge on any atom is -0.493 e. The summed E-state index contributed by atoms with van der Waals surface area (Å²) in [4.78, 5) is 74.6. The van der Waals surface area contributed by atoms with E-state index in [0.717, 1.165) is 0 Å².